The molecule has 1 aromatic rings. The van der Waals surface area contributed by atoms with Gasteiger partial charge in [-0.05, 0) is 24.8 Å². The lowest BCUT2D eigenvalue weighted by Crippen LogP contribution is -2.51. The largest absolute Gasteiger partial charge is 0.271 e. The molecule has 0 heterocycles. The van der Waals surface area contributed by atoms with Gasteiger partial charge in [0.1, 0.15) is 9.84 Å². The van der Waals surface area contributed by atoms with Crippen LogP contribution in [0.1, 0.15) is 38.7 Å². The Morgan fingerprint density at radius 2 is 1.75 bits per heavy atom. The van der Waals surface area contributed by atoms with Crippen molar-refractivity contribution in [3.05, 3.63) is 35.9 Å². The summed E-state index contributed by atoms with van der Waals surface area (Å²) >= 11 is 0. The van der Waals surface area contributed by atoms with E-state index in [1.165, 1.54) is 11.8 Å². The van der Waals surface area contributed by atoms with Gasteiger partial charge in [0.15, 0.2) is 0 Å². The van der Waals surface area contributed by atoms with Crippen molar-refractivity contribution in [2.45, 2.75) is 44.6 Å². The van der Waals surface area contributed by atoms with Crippen LogP contribution in [-0.2, 0) is 15.3 Å². The Kier molecular flexibility index (Phi) is 6.17. The van der Waals surface area contributed by atoms with Crippen molar-refractivity contribution in [2.24, 2.45) is 5.84 Å². The highest BCUT2D eigenvalue weighted by atomic mass is 32.2. The summed E-state index contributed by atoms with van der Waals surface area (Å²) in [6.45, 7) is 4.25. The van der Waals surface area contributed by atoms with Crippen LogP contribution in [0.5, 0.6) is 0 Å². The standard InChI is InChI=1S/C15H26N2O2S/c1-4-15(5-2,13-9-7-6-8-10-13)14(17-16)11-12-20(3,18)19/h6-10,14,17H,4-5,11-12,16H2,1-3H3. The molecule has 1 aromatic carbocycles. The Morgan fingerprint density at radius 3 is 2.15 bits per heavy atom. The lowest BCUT2D eigenvalue weighted by molar-refractivity contribution is 0.266. The van der Waals surface area contributed by atoms with Crippen molar-refractivity contribution in [1.29, 1.82) is 0 Å². The fourth-order valence-electron chi connectivity index (χ4n) is 2.97. The van der Waals surface area contributed by atoms with Crippen molar-refractivity contribution in [1.82, 2.24) is 5.43 Å². The molecule has 0 bridgehead atoms. The number of nitrogens with one attached hydrogen (secondary N) is 1. The molecule has 0 aromatic heterocycles. The van der Waals surface area contributed by atoms with E-state index in [2.05, 4.69) is 31.4 Å². The van der Waals surface area contributed by atoms with Crippen LogP contribution in [0.2, 0.25) is 0 Å². The minimum atomic E-state index is -2.98. The smallest absolute Gasteiger partial charge is 0.147 e. The Balaban J connectivity index is 3.09. The van der Waals surface area contributed by atoms with Crippen molar-refractivity contribution >= 4 is 9.84 Å². The van der Waals surface area contributed by atoms with Crippen LogP contribution in [0.15, 0.2) is 30.3 Å². The zero-order valence-electron chi connectivity index (χ0n) is 12.6. The molecule has 0 fully saturated rings. The first-order chi connectivity index (χ1) is 9.39. The maximum atomic E-state index is 11.4. The second kappa shape index (κ2) is 7.20. The van der Waals surface area contributed by atoms with E-state index >= 15 is 0 Å². The van der Waals surface area contributed by atoms with Gasteiger partial charge in [0, 0.05) is 17.7 Å². The molecule has 0 amide bonds. The molecule has 1 atom stereocenters. The molecule has 0 saturated heterocycles. The summed E-state index contributed by atoms with van der Waals surface area (Å²) in [7, 11) is -2.98. The molecule has 5 heteroatoms. The van der Waals surface area contributed by atoms with E-state index in [4.69, 9.17) is 5.84 Å². The number of nitrogens with two attached hydrogens (primary N) is 1. The maximum Gasteiger partial charge on any atom is 0.147 e. The third kappa shape index (κ3) is 4.04. The molecular formula is C15H26N2O2S. The van der Waals surface area contributed by atoms with Crippen LogP contribution in [0, 0.1) is 0 Å². The van der Waals surface area contributed by atoms with Gasteiger partial charge < -0.3 is 0 Å². The molecule has 3 N–H and O–H groups in total. The molecule has 0 spiro atoms. The summed E-state index contributed by atoms with van der Waals surface area (Å²) in [4.78, 5) is 0. The van der Waals surface area contributed by atoms with Gasteiger partial charge >= 0.3 is 0 Å². The zero-order chi connectivity index (χ0) is 15.2. The van der Waals surface area contributed by atoms with Crippen LogP contribution >= 0.6 is 0 Å². The van der Waals surface area contributed by atoms with Gasteiger partial charge in [0.2, 0.25) is 0 Å². The van der Waals surface area contributed by atoms with E-state index in [0.717, 1.165) is 12.8 Å². The third-order valence-corrected chi connectivity index (χ3v) is 5.23. The monoisotopic (exact) mass is 298 g/mol. The fraction of sp³-hybridized carbons (Fsp3) is 0.600. The second-order valence-electron chi connectivity index (χ2n) is 5.37. The van der Waals surface area contributed by atoms with Gasteiger partial charge in [-0.1, -0.05) is 44.2 Å². The van der Waals surface area contributed by atoms with E-state index in [1.807, 2.05) is 18.2 Å². The maximum absolute atomic E-state index is 11.4. The molecule has 114 valence electrons. The van der Waals surface area contributed by atoms with Gasteiger partial charge in [-0.3, -0.25) is 11.3 Å². The lowest BCUT2D eigenvalue weighted by atomic mass is 9.69. The predicted octanol–water partition coefficient (Wildman–Crippen LogP) is 2.01. The average molecular weight is 298 g/mol. The van der Waals surface area contributed by atoms with Crippen molar-refractivity contribution < 1.29 is 8.42 Å². The molecule has 1 unspecified atom stereocenters. The summed E-state index contributed by atoms with van der Waals surface area (Å²) in [6.07, 6.45) is 3.60. The number of rotatable bonds is 8. The summed E-state index contributed by atoms with van der Waals surface area (Å²) in [5.74, 6) is 5.88. The quantitative estimate of drug-likeness (QED) is 0.569. The number of hydrogen-bond acceptors (Lipinski definition) is 4. The molecule has 0 aliphatic carbocycles. The lowest BCUT2D eigenvalue weighted by Gasteiger charge is -2.40. The van der Waals surface area contributed by atoms with E-state index in [0.29, 0.717) is 6.42 Å². The van der Waals surface area contributed by atoms with Gasteiger partial charge in [0.05, 0.1) is 5.75 Å². The van der Waals surface area contributed by atoms with E-state index in [1.54, 1.807) is 0 Å². The Hall–Kier alpha value is -0.910. The summed E-state index contributed by atoms with van der Waals surface area (Å²) in [5.41, 5.74) is 3.92. The Labute approximate surface area is 122 Å². The van der Waals surface area contributed by atoms with Gasteiger partial charge in [0.25, 0.3) is 0 Å². The Bertz CT molecular complexity index is 496. The Morgan fingerprint density at radius 1 is 1.20 bits per heavy atom. The number of hydrogen-bond donors (Lipinski definition) is 2. The van der Waals surface area contributed by atoms with Crippen molar-refractivity contribution in [3.8, 4) is 0 Å². The molecule has 0 aliphatic rings. The molecule has 0 saturated carbocycles. The van der Waals surface area contributed by atoms with Crippen molar-refractivity contribution in [2.75, 3.05) is 12.0 Å². The SMILES string of the molecule is CCC(CC)(c1ccccc1)C(CCS(C)(=O)=O)NN. The van der Waals surface area contributed by atoms with E-state index in [9.17, 15) is 8.42 Å². The first-order valence-corrected chi connectivity index (χ1v) is 9.15. The van der Waals surface area contributed by atoms with Crippen LogP contribution in [0.25, 0.3) is 0 Å². The highest BCUT2D eigenvalue weighted by Crippen LogP contribution is 2.36. The number of benzene rings is 1. The topological polar surface area (TPSA) is 72.2 Å². The summed E-state index contributed by atoms with van der Waals surface area (Å²) < 4.78 is 22.8. The fourth-order valence-corrected chi connectivity index (χ4v) is 3.64. The first kappa shape index (κ1) is 17.1. The molecule has 20 heavy (non-hydrogen) atoms. The van der Waals surface area contributed by atoms with Gasteiger partial charge in [-0.15, -0.1) is 0 Å². The molecular weight excluding hydrogens is 272 g/mol. The van der Waals surface area contributed by atoms with E-state index < -0.39 is 9.84 Å². The predicted molar refractivity (Wildman–Crippen MR) is 84.1 cm³/mol. The molecule has 0 radical (unpaired) electrons. The van der Waals surface area contributed by atoms with Gasteiger partial charge in [-0.25, -0.2) is 8.42 Å². The van der Waals surface area contributed by atoms with Crippen LogP contribution in [0.3, 0.4) is 0 Å². The van der Waals surface area contributed by atoms with Gasteiger partial charge in [-0.2, -0.15) is 0 Å². The first-order valence-electron chi connectivity index (χ1n) is 7.09. The summed E-state index contributed by atoms with van der Waals surface area (Å²) in [5, 5.41) is 0. The zero-order valence-corrected chi connectivity index (χ0v) is 13.4. The van der Waals surface area contributed by atoms with Crippen molar-refractivity contribution in [3.63, 3.8) is 0 Å². The molecule has 1 rings (SSSR count). The minimum absolute atomic E-state index is 0.0605. The second-order valence-corrected chi connectivity index (χ2v) is 7.63. The van der Waals surface area contributed by atoms with Crippen LogP contribution in [-0.4, -0.2) is 26.5 Å². The number of hydrazine groups is 1. The average Bonchev–Trinajstić information content (AvgIpc) is 2.43. The molecule has 4 nitrogen and oxygen atoms in total. The third-order valence-electron chi connectivity index (χ3n) is 4.26. The van der Waals surface area contributed by atoms with Crippen LogP contribution in [0.4, 0.5) is 0 Å². The van der Waals surface area contributed by atoms with Crippen LogP contribution < -0.4 is 11.3 Å². The number of sulfone groups is 1. The summed E-state index contributed by atoms with van der Waals surface area (Å²) in [6, 6.07) is 10.1. The molecule has 0 aliphatic heterocycles. The normalized spacial score (nSPS) is 14.2. The van der Waals surface area contributed by atoms with E-state index in [-0.39, 0.29) is 17.2 Å². The highest BCUT2D eigenvalue weighted by molar-refractivity contribution is 7.90. The minimum Gasteiger partial charge on any atom is -0.271 e. The highest BCUT2D eigenvalue weighted by Gasteiger charge is 2.36.